The third-order valence-corrected chi connectivity index (χ3v) is 4.89. The summed E-state index contributed by atoms with van der Waals surface area (Å²) in [7, 11) is 0. The van der Waals surface area contributed by atoms with Gasteiger partial charge in [-0.05, 0) is 50.3 Å². The molecule has 1 aliphatic heterocycles. The van der Waals surface area contributed by atoms with Gasteiger partial charge in [0.1, 0.15) is 5.76 Å². The van der Waals surface area contributed by atoms with Crippen molar-refractivity contribution >= 4 is 29.9 Å². The minimum absolute atomic E-state index is 0. The molecule has 1 fully saturated rings. The van der Waals surface area contributed by atoms with Crippen molar-refractivity contribution in [1.82, 2.24) is 10.6 Å². The van der Waals surface area contributed by atoms with E-state index in [1.165, 1.54) is 18.4 Å². The van der Waals surface area contributed by atoms with Crippen LogP contribution in [0.25, 0.3) is 0 Å². The highest BCUT2D eigenvalue weighted by Crippen LogP contribution is 2.15. The molecule has 1 aromatic heterocycles. The Morgan fingerprint density at radius 3 is 2.75 bits per heavy atom. The number of nitrogens with zero attached hydrogens (tertiary/aromatic N) is 1. The highest BCUT2D eigenvalue weighted by molar-refractivity contribution is 14.0. The first kappa shape index (κ1) is 22.7. The van der Waals surface area contributed by atoms with Gasteiger partial charge in [0.15, 0.2) is 5.96 Å². The van der Waals surface area contributed by atoms with Crippen LogP contribution < -0.4 is 10.6 Å². The lowest BCUT2D eigenvalue weighted by Gasteiger charge is -2.22. The SMILES string of the molecule is CC(NC(=NCCC1CCCCO1)NCCc1ccco1)c1ccccc1.I. The van der Waals surface area contributed by atoms with Crippen molar-refractivity contribution in [2.45, 2.75) is 51.2 Å². The van der Waals surface area contributed by atoms with E-state index in [1.807, 2.05) is 18.2 Å². The Balaban J connectivity index is 0.00000280. The number of hydrogen-bond acceptors (Lipinski definition) is 3. The Labute approximate surface area is 185 Å². The van der Waals surface area contributed by atoms with E-state index < -0.39 is 0 Å². The van der Waals surface area contributed by atoms with Gasteiger partial charge in [0, 0.05) is 26.1 Å². The molecular formula is C22H32IN3O2. The zero-order valence-electron chi connectivity index (χ0n) is 16.6. The lowest BCUT2D eigenvalue weighted by atomic mass is 10.1. The van der Waals surface area contributed by atoms with Gasteiger partial charge in [-0.3, -0.25) is 4.99 Å². The normalized spacial score (nSPS) is 18.2. The van der Waals surface area contributed by atoms with E-state index in [0.717, 1.165) is 50.7 Å². The summed E-state index contributed by atoms with van der Waals surface area (Å²) >= 11 is 0. The van der Waals surface area contributed by atoms with Gasteiger partial charge in [-0.2, -0.15) is 0 Å². The predicted molar refractivity (Wildman–Crippen MR) is 124 cm³/mol. The molecule has 6 heteroatoms. The average Bonchev–Trinajstić information content (AvgIpc) is 3.23. The van der Waals surface area contributed by atoms with Gasteiger partial charge < -0.3 is 19.8 Å². The molecule has 0 bridgehead atoms. The van der Waals surface area contributed by atoms with Crippen LogP contribution in [0.2, 0.25) is 0 Å². The number of guanidine groups is 1. The molecule has 2 heterocycles. The molecule has 0 amide bonds. The largest absolute Gasteiger partial charge is 0.469 e. The van der Waals surface area contributed by atoms with E-state index in [9.17, 15) is 0 Å². The highest BCUT2D eigenvalue weighted by Gasteiger charge is 2.13. The predicted octanol–water partition coefficient (Wildman–Crippen LogP) is 4.70. The topological polar surface area (TPSA) is 58.8 Å². The summed E-state index contributed by atoms with van der Waals surface area (Å²) in [6, 6.07) is 14.5. The number of ether oxygens (including phenoxy) is 1. The highest BCUT2D eigenvalue weighted by atomic mass is 127. The quantitative estimate of drug-likeness (QED) is 0.316. The van der Waals surface area contributed by atoms with Crippen molar-refractivity contribution in [2.75, 3.05) is 19.7 Å². The van der Waals surface area contributed by atoms with Crippen molar-refractivity contribution < 1.29 is 9.15 Å². The van der Waals surface area contributed by atoms with Crippen LogP contribution in [0.3, 0.4) is 0 Å². The van der Waals surface area contributed by atoms with Crippen LogP contribution >= 0.6 is 24.0 Å². The second-order valence-corrected chi connectivity index (χ2v) is 7.04. The summed E-state index contributed by atoms with van der Waals surface area (Å²) in [4.78, 5) is 4.79. The van der Waals surface area contributed by atoms with Gasteiger partial charge >= 0.3 is 0 Å². The summed E-state index contributed by atoms with van der Waals surface area (Å²) < 4.78 is 11.2. The van der Waals surface area contributed by atoms with Gasteiger partial charge in [0.25, 0.3) is 0 Å². The molecular weight excluding hydrogens is 465 g/mol. The molecule has 28 heavy (non-hydrogen) atoms. The van der Waals surface area contributed by atoms with Crippen molar-refractivity contribution in [3.05, 3.63) is 60.1 Å². The molecule has 0 aliphatic carbocycles. The molecule has 1 aliphatic rings. The Hall–Kier alpha value is -1.54. The standard InChI is InChI=1S/C22H31N3O2.HI/c1-18(19-8-3-2-4-9-19)25-22(24-15-13-21-11-7-17-27-21)23-14-12-20-10-5-6-16-26-20;/h2-4,7-9,11,17-18,20H,5-6,10,12-16H2,1H3,(H2,23,24,25);1H. The van der Waals surface area contributed by atoms with E-state index >= 15 is 0 Å². The fourth-order valence-corrected chi connectivity index (χ4v) is 3.30. The summed E-state index contributed by atoms with van der Waals surface area (Å²) in [5.41, 5.74) is 1.24. The molecule has 5 nitrogen and oxygen atoms in total. The van der Waals surface area contributed by atoms with E-state index in [4.69, 9.17) is 14.1 Å². The Kier molecular flexibility index (Phi) is 10.4. The van der Waals surface area contributed by atoms with Gasteiger partial charge in [-0.25, -0.2) is 0 Å². The van der Waals surface area contributed by atoms with Crippen LogP contribution in [0.5, 0.6) is 0 Å². The van der Waals surface area contributed by atoms with Crippen molar-refractivity contribution in [3.8, 4) is 0 Å². The maximum Gasteiger partial charge on any atom is 0.191 e. The van der Waals surface area contributed by atoms with Crippen LogP contribution in [0.15, 0.2) is 58.1 Å². The van der Waals surface area contributed by atoms with Crippen LogP contribution in [0.4, 0.5) is 0 Å². The fraction of sp³-hybridized carbons (Fsp3) is 0.500. The summed E-state index contributed by atoms with van der Waals surface area (Å²) in [5.74, 6) is 1.82. The molecule has 0 saturated carbocycles. The minimum Gasteiger partial charge on any atom is -0.469 e. The lowest BCUT2D eigenvalue weighted by molar-refractivity contribution is 0.0129. The fourth-order valence-electron chi connectivity index (χ4n) is 3.30. The molecule has 2 atom stereocenters. The van der Waals surface area contributed by atoms with Crippen LogP contribution in [0.1, 0.15) is 50.0 Å². The molecule has 0 radical (unpaired) electrons. The van der Waals surface area contributed by atoms with Crippen molar-refractivity contribution in [3.63, 3.8) is 0 Å². The van der Waals surface area contributed by atoms with Crippen molar-refractivity contribution in [1.29, 1.82) is 0 Å². The Bertz CT molecular complexity index is 670. The molecule has 0 spiro atoms. The molecule has 2 aromatic rings. The summed E-state index contributed by atoms with van der Waals surface area (Å²) in [6.45, 7) is 4.60. The van der Waals surface area contributed by atoms with Gasteiger partial charge in [-0.1, -0.05) is 30.3 Å². The van der Waals surface area contributed by atoms with E-state index in [-0.39, 0.29) is 30.0 Å². The molecule has 2 N–H and O–H groups in total. The first-order valence-corrected chi connectivity index (χ1v) is 10.0. The minimum atomic E-state index is 0. The Morgan fingerprint density at radius 2 is 2.04 bits per heavy atom. The zero-order chi connectivity index (χ0) is 18.7. The van der Waals surface area contributed by atoms with Crippen LogP contribution in [0, 0.1) is 0 Å². The average molecular weight is 497 g/mol. The van der Waals surface area contributed by atoms with Gasteiger partial charge in [0.2, 0.25) is 0 Å². The third-order valence-electron chi connectivity index (χ3n) is 4.89. The number of rotatable bonds is 8. The second-order valence-electron chi connectivity index (χ2n) is 7.04. The number of benzene rings is 1. The van der Waals surface area contributed by atoms with E-state index in [0.29, 0.717) is 6.10 Å². The number of halogens is 1. The molecule has 154 valence electrons. The first-order chi connectivity index (χ1) is 13.3. The summed E-state index contributed by atoms with van der Waals surface area (Å²) in [6.07, 6.45) is 7.50. The lowest BCUT2D eigenvalue weighted by Crippen LogP contribution is -2.40. The van der Waals surface area contributed by atoms with E-state index in [2.05, 4.69) is 41.8 Å². The summed E-state index contributed by atoms with van der Waals surface area (Å²) in [5, 5.41) is 6.95. The number of hydrogen-bond donors (Lipinski definition) is 2. The van der Waals surface area contributed by atoms with Gasteiger partial charge in [-0.15, -0.1) is 24.0 Å². The van der Waals surface area contributed by atoms with Crippen LogP contribution in [-0.4, -0.2) is 31.8 Å². The smallest absolute Gasteiger partial charge is 0.191 e. The molecule has 3 rings (SSSR count). The first-order valence-electron chi connectivity index (χ1n) is 10.0. The zero-order valence-corrected chi connectivity index (χ0v) is 18.9. The number of nitrogens with one attached hydrogen (secondary N) is 2. The van der Waals surface area contributed by atoms with Gasteiger partial charge in [0.05, 0.1) is 18.4 Å². The molecule has 1 aromatic carbocycles. The monoisotopic (exact) mass is 497 g/mol. The third kappa shape index (κ3) is 7.83. The maximum atomic E-state index is 5.82. The number of furan rings is 1. The maximum absolute atomic E-state index is 5.82. The Morgan fingerprint density at radius 1 is 1.18 bits per heavy atom. The second kappa shape index (κ2) is 12.8. The van der Waals surface area contributed by atoms with Crippen molar-refractivity contribution in [2.24, 2.45) is 4.99 Å². The van der Waals surface area contributed by atoms with Crippen LogP contribution in [-0.2, 0) is 11.2 Å². The molecule has 1 saturated heterocycles. The van der Waals surface area contributed by atoms with E-state index in [1.54, 1.807) is 6.26 Å². The number of aliphatic imine (C=N–C) groups is 1. The molecule has 2 unspecified atom stereocenters.